The highest BCUT2D eigenvalue weighted by Crippen LogP contribution is 2.12. The monoisotopic (exact) mass is 367 g/mol. The number of unbranched alkanes of at least 4 members (excludes halogenated alkanes) is 13. The molecule has 0 atom stereocenters. The average molecular weight is 368 g/mol. The van der Waals surface area contributed by atoms with Crippen LogP contribution in [0.25, 0.3) is 0 Å². The summed E-state index contributed by atoms with van der Waals surface area (Å²) in [5.41, 5.74) is 0. The third kappa shape index (κ3) is 19.0. The van der Waals surface area contributed by atoms with Crippen LogP contribution in [-0.2, 0) is 14.3 Å². The van der Waals surface area contributed by atoms with E-state index in [2.05, 4.69) is 12.2 Å². The van der Waals surface area contributed by atoms with Crippen molar-refractivity contribution in [2.24, 2.45) is 0 Å². The summed E-state index contributed by atoms with van der Waals surface area (Å²) in [4.78, 5) is 22.6. The summed E-state index contributed by atoms with van der Waals surface area (Å²) in [6.45, 7) is 5.00. The molecule has 0 aromatic heterocycles. The Balaban J connectivity index is 3.24. The van der Waals surface area contributed by atoms with Crippen LogP contribution in [-0.4, -0.2) is 25.0 Å². The van der Waals surface area contributed by atoms with Gasteiger partial charge in [0.05, 0.1) is 6.61 Å². The van der Waals surface area contributed by atoms with Crippen molar-refractivity contribution in [1.29, 1.82) is 0 Å². The molecular formula is C22H41NO3. The molecule has 0 radical (unpaired) electrons. The molecule has 0 unspecified atom stereocenters. The molecule has 1 amide bonds. The Morgan fingerprint density at radius 2 is 1.15 bits per heavy atom. The fourth-order valence-electron chi connectivity index (χ4n) is 2.92. The fraction of sp³-hybridized carbons (Fsp3) is 0.818. The van der Waals surface area contributed by atoms with E-state index in [-0.39, 0.29) is 5.91 Å². The van der Waals surface area contributed by atoms with Gasteiger partial charge in [-0.05, 0) is 13.3 Å². The van der Waals surface area contributed by atoms with Gasteiger partial charge in [-0.2, -0.15) is 0 Å². The van der Waals surface area contributed by atoms with Gasteiger partial charge < -0.3 is 10.1 Å². The van der Waals surface area contributed by atoms with E-state index in [9.17, 15) is 9.59 Å². The number of ether oxygens (including phenoxy) is 1. The van der Waals surface area contributed by atoms with Crippen molar-refractivity contribution < 1.29 is 14.3 Å². The summed E-state index contributed by atoms with van der Waals surface area (Å²) in [5, 5.41) is 2.79. The normalized spacial score (nSPS) is 11.0. The van der Waals surface area contributed by atoms with E-state index in [1.54, 1.807) is 6.92 Å². The zero-order chi connectivity index (χ0) is 19.3. The number of hydrogen-bond donors (Lipinski definition) is 1. The van der Waals surface area contributed by atoms with E-state index in [1.165, 1.54) is 89.2 Å². The number of amides is 1. The molecule has 4 nitrogen and oxygen atoms in total. The number of carbonyl (C=O) groups is 2. The molecule has 0 aliphatic rings. The first-order valence-electron chi connectivity index (χ1n) is 10.8. The molecule has 0 heterocycles. The van der Waals surface area contributed by atoms with Gasteiger partial charge in [-0.15, -0.1) is 0 Å². The molecule has 0 saturated heterocycles. The minimum Gasteiger partial charge on any atom is -0.463 e. The third-order valence-corrected chi connectivity index (χ3v) is 4.49. The van der Waals surface area contributed by atoms with E-state index >= 15 is 0 Å². The summed E-state index contributed by atoms with van der Waals surface area (Å²) in [5.74, 6) is -0.702. The second kappa shape index (κ2) is 20.0. The Morgan fingerprint density at radius 3 is 1.62 bits per heavy atom. The molecule has 0 aromatic rings. The van der Waals surface area contributed by atoms with Gasteiger partial charge in [-0.25, -0.2) is 4.79 Å². The SMILES string of the molecule is CCCCCCCCCCCCCCCCNC(=O)C=CC(=O)OCC. The second-order valence-corrected chi connectivity index (χ2v) is 6.97. The molecule has 0 aliphatic carbocycles. The Morgan fingerprint density at radius 1 is 0.692 bits per heavy atom. The minimum atomic E-state index is -0.473. The van der Waals surface area contributed by atoms with Gasteiger partial charge in [-0.1, -0.05) is 90.4 Å². The van der Waals surface area contributed by atoms with Crippen LogP contribution in [0, 0.1) is 0 Å². The lowest BCUT2D eigenvalue weighted by Gasteiger charge is -2.04. The zero-order valence-corrected chi connectivity index (χ0v) is 17.2. The quantitative estimate of drug-likeness (QED) is 0.192. The molecule has 0 rings (SSSR count). The van der Waals surface area contributed by atoms with Gasteiger partial charge in [0.25, 0.3) is 0 Å². The standard InChI is InChI=1S/C22H41NO3/c1-3-5-6-7-8-9-10-11-12-13-14-15-16-17-20-23-21(24)18-19-22(25)26-4-2/h18-19H,3-17,20H2,1-2H3,(H,23,24). The second-order valence-electron chi connectivity index (χ2n) is 6.97. The number of carbonyl (C=O) groups excluding carboxylic acids is 2. The maximum atomic E-state index is 11.5. The summed E-state index contributed by atoms with van der Waals surface area (Å²) in [6, 6.07) is 0. The largest absolute Gasteiger partial charge is 0.463 e. The predicted molar refractivity (Wildman–Crippen MR) is 109 cm³/mol. The molecular weight excluding hydrogens is 326 g/mol. The topological polar surface area (TPSA) is 55.4 Å². The van der Waals surface area contributed by atoms with Gasteiger partial charge in [0.15, 0.2) is 0 Å². The first-order chi connectivity index (χ1) is 12.7. The third-order valence-electron chi connectivity index (χ3n) is 4.49. The van der Waals surface area contributed by atoms with Crippen LogP contribution in [0.5, 0.6) is 0 Å². The van der Waals surface area contributed by atoms with Gasteiger partial charge in [0.1, 0.15) is 0 Å². The highest BCUT2D eigenvalue weighted by atomic mass is 16.5. The zero-order valence-electron chi connectivity index (χ0n) is 17.2. The van der Waals surface area contributed by atoms with Crippen molar-refractivity contribution in [3.8, 4) is 0 Å². The summed E-state index contributed by atoms with van der Waals surface area (Å²) in [6.07, 6.45) is 21.0. The van der Waals surface area contributed by atoms with Gasteiger partial charge in [-0.3, -0.25) is 4.79 Å². The van der Waals surface area contributed by atoms with E-state index in [0.717, 1.165) is 12.8 Å². The molecule has 0 bridgehead atoms. The molecule has 1 N–H and O–H groups in total. The maximum Gasteiger partial charge on any atom is 0.330 e. The lowest BCUT2D eigenvalue weighted by atomic mass is 10.0. The fourth-order valence-corrected chi connectivity index (χ4v) is 2.92. The first-order valence-corrected chi connectivity index (χ1v) is 10.8. The smallest absolute Gasteiger partial charge is 0.330 e. The van der Waals surface area contributed by atoms with Crippen molar-refractivity contribution in [3.05, 3.63) is 12.2 Å². The molecule has 0 spiro atoms. The van der Waals surface area contributed by atoms with Gasteiger partial charge in [0, 0.05) is 18.7 Å². The lowest BCUT2D eigenvalue weighted by Crippen LogP contribution is -2.22. The molecule has 0 aromatic carbocycles. The van der Waals surface area contributed by atoms with Crippen LogP contribution in [0.1, 0.15) is 104 Å². The van der Waals surface area contributed by atoms with Crippen molar-refractivity contribution in [1.82, 2.24) is 5.32 Å². The Bertz CT molecular complexity index is 366. The maximum absolute atomic E-state index is 11.5. The van der Waals surface area contributed by atoms with Crippen LogP contribution in [0.3, 0.4) is 0 Å². The molecule has 0 fully saturated rings. The van der Waals surface area contributed by atoms with Crippen molar-refractivity contribution in [2.75, 3.05) is 13.2 Å². The number of nitrogens with one attached hydrogen (secondary N) is 1. The molecule has 0 saturated carbocycles. The minimum absolute atomic E-state index is 0.229. The van der Waals surface area contributed by atoms with Crippen molar-refractivity contribution >= 4 is 11.9 Å². The highest BCUT2D eigenvalue weighted by molar-refractivity contribution is 5.94. The Hall–Kier alpha value is -1.32. The first kappa shape index (κ1) is 24.7. The number of esters is 1. The van der Waals surface area contributed by atoms with E-state index < -0.39 is 5.97 Å². The lowest BCUT2D eigenvalue weighted by molar-refractivity contribution is -0.137. The molecule has 152 valence electrons. The predicted octanol–water partition coefficient (Wildman–Crippen LogP) is 5.70. The highest BCUT2D eigenvalue weighted by Gasteiger charge is 1.98. The molecule has 26 heavy (non-hydrogen) atoms. The van der Waals surface area contributed by atoms with Gasteiger partial charge in [0.2, 0.25) is 5.91 Å². The average Bonchev–Trinajstić information content (AvgIpc) is 2.63. The summed E-state index contributed by atoms with van der Waals surface area (Å²) in [7, 11) is 0. The Labute approximate surface area is 161 Å². The van der Waals surface area contributed by atoms with Crippen LogP contribution >= 0.6 is 0 Å². The van der Waals surface area contributed by atoms with E-state index in [0.29, 0.717) is 13.2 Å². The van der Waals surface area contributed by atoms with Crippen molar-refractivity contribution in [3.63, 3.8) is 0 Å². The number of hydrogen-bond acceptors (Lipinski definition) is 3. The van der Waals surface area contributed by atoms with E-state index in [4.69, 9.17) is 4.74 Å². The van der Waals surface area contributed by atoms with E-state index in [1.807, 2.05) is 0 Å². The van der Waals surface area contributed by atoms with Crippen LogP contribution < -0.4 is 5.32 Å². The summed E-state index contributed by atoms with van der Waals surface area (Å²) >= 11 is 0. The molecule has 4 heteroatoms. The molecule has 0 aliphatic heterocycles. The summed E-state index contributed by atoms with van der Waals surface area (Å²) < 4.78 is 4.72. The Kier molecular flexibility index (Phi) is 19.0. The van der Waals surface area contributed by atoms with Crippen LogP contribution in [0.4, 0.5) is 0 Å². The van der Waals surface area contributed by atoms with Crippen molar-refractivity contribution in [2.45, 2.75) is 104 Å². The number of rotatable bonds is 18. The van der Waals surface area contributed by atoms with Crippen LogP contribution in [0.15, 0.2) is 12.2 Å². The van der Waals surface area contributed by atoms with Crippen LogP contribution in [0.2, 0.25) is 0 Å². The van der Waals surface area contributed by atoms with Gasteiger partial charge >= 0.3 is 5.97 Å².